The fraction of sp³-hybridized carbons (Fsp3) is 0.0909. The molecule has 1 aromatic heterocycles. The Bertz CT molecular complexity index is 572. The minimum absolute atomic E-state index is 0.141. The maximum Gasteiger partial charge on any atom is 0.254 e. The Kier molecular flexibility index (Phi) is 3.57. The van der Waals surface area contributed by atoms with E-state index in [1.807, 2.05) is 0 Å². The second kappa shape index (κ2) is 5.14. The van der Waals surface area contributed by atoms with E-state index in [2.05, 4.69) is 15.5 Å². The van der Waals surface area contributed by atoms with Crippen LogP contribution in [0, 0.1) is 11.6 Å². The molecule has 0 aliphatic heterocycles. The normalized spacial score (nSPS) is 10.4. The molecule has 0 aliphatic rings. The first kappa shape index (κ1) is 12.5. The van der Waals surface area contributed by atoms with Crippen molar-refractivity contribution in [3.8, 4) is 0 Å². The molecule has 0 fully saturated rings. The van der Waals surface area contributed by atoms with Gasteiger partial charge in [-0.3, -0.25) is 9.89 Å². The van der Waals surface area contributed by atoms with Gasteiger partial charge in [-0.15, -0.1) is 0 Å². The molecule has 2 aromatic rings. The van der Waals surface area contributed by atoms with E-state index in [-0.39, 0.29) is 11.6 Å². The third-order valence-corrected chi connectivity index (χ3v) is 2.54. The van der Waals surface area contributed by atoms with Crippen molar-refractivity contribution in [1.82, 2.24) is 15.5 Å². The van der Waals surface area contributed by atoms with E-state index in [0.717, 1.165) is 12.1 Å². The second-order valence-electron chi connectivity index (χ2n) is 3.51. The summed E-state index contributed by atoms with van der Waals surface area (Å²) in [4.78, 5) is 11.6. The van der Waals surface area contributed by atoms with Gasteiger partial charge in [0, 0.05) is 6.20 Å². The van der Waals surface area contributed by atoms with Crippen LogP contribution in [-0.4, -0.2) is 16.1 Å². The first-order valence-corrected chi connectivity index (χ1v) is 5.36. The molecule has 1 heterocycles. The van der Waals surface area contributed by atoms with Gasteiger partial charge in [0.25, 0.3) is 5.91 Å². The number of nitrogens with one attached hydrogen (secondary N) is 2. The summed E-state index contributed by atoms with van der Waals surface area (Å²) < 4.78 is 26.6. The lowest BCUT2D eigenvalue weighted by Crippen LogP contribution is -2.24. The lowest BCUT2D eigenvalue weighted by molar-refractivity contribution is 0.0946. The van der Waals surface area contributed by atoms with Gasteiger partial charge in [-0.1, -0.05) is 11.6 Å². The summed E-state index contributed by atoms with van der Waals surface area (Å²) in [5.74, 6) is -2.44. The number of aromatic nitrogens is 2. The van der Waals surface area contributed by atoms with Gasteiger partial charge in [-0.25, -0.2) is 8.78 Å². The zero-order chi connectivity index (χ0) is 13.1. The average molecular weight is 272 g/mol. The molecule has 0 saturated carbocycles. The van der Waals surface area contributed by atoms with E-state index in [4.69, 9.17) is 11.6 Å². The zero-order valence-electron chi connectivity index (χ0n) is 9.01. The summed E-state index contributed by atoms with van der Waals surface area (Å²) in [6.07, 6.45) is 1.52. The first-order chi connectivity index (χ1) is 8.58. The SMILES string of the molecule is O=C(NCc1ccn[nH]1)c1cc(F)c(Cl)cc1F. The molecule has 4 nitrogen and oxygen atoms in total. The molecule has 0 spiro atoms. The summed E-state index contributed by atoms with van der Waals surface area (Å²) >= 11 is 5.39. The Morgan fingerprint density at radius 3 is 2.83 bits per heavy atom. The fourth-order valence-corrected chi connectivity index (χ4v) is 1.50. The van der Waals surface area contributed by atoms with Crippen molar-refractivity contribution in [2.45, 2.75) is 6.54 Å². The number of H-pyrrole nitrogens is 1. The Labute approximate surface area is 106 Å². The summed E-state index contributed by atoms with van der Waals surface area (Å²) in [6, 6.07) is 3.18. The van der Waals surface area contributed by atoms with Crippen molar-refractivity contribution < 1.29 is 13.6 Å². The molecule has 0 atom stereocenters. The number of nitrogens with zero attached hydrogens (tertiary/aromatic N) is 1. The van der Waals surface area contributed by atoms with Crippen molar-refractivity contribution in [3.63, 3.8) is 0 Å². The lowest BCUT2D eigenvalue weighted by Gasteiger charge is -2.05. The number of halogens is 3. The van der Waals surface area contributed by atoms with Crippen molar-refractivity contribution in [2.75, 3.05) is 0 Å². The predicted molar refractivity (Wildman–Crippen MR) is 61.1 cm³/mol. The summed E-state index contributed by atoms with van der Waals surface area (Å²) in [5.41, 5.74) is 0.259. The monoisotopic (exact) mass is 271 g/mol. The van der Waals surface area contributed by atoms with Crippen molar-refractivity contribution in [1.29, 1.82) is 0 Å². The maximum absolute atomic E-state index is 13.4. The molecule has 94 valence electrons. The van der Waals surface area contributed by atoms with Crippen molar-refractivity contribution in [2.24, 2.45) is 0 Å². The molecule has 7 heteroatoms. The van der Waals surface area contributed by atoms with Gasteiger partial charge >= 0.3 is 0 Å². The molecule has 0 saturated heterocycles. The lowest BCUT2D eigenvalue weighted by atomic mass is 10.2. The minimum atomic E-state index is -0.872. The van der Waals surface area contributed by atoms with Crippen LogP contribution in [0.1, 0.15) is 16.1 Å². The van der Waals surface area contributed by atoms with Gasteiger partial charge in [0.1, 0.15) is 11.6 Å². The standard InChI is InChI=1S/C11H8ClF2N3O/c12-8-4-9(13)7(3-10(8)14)11(18)15-5-6-1-2-16-17-6/h1-4H,5H2,(H,15,18)(H,16,17). The molecule has 0 unspecified atom stereocenters. The number of aromatic amines is 1. The number of carbonyl (C=O) groups excluding carboxylic acids is 1. The van der Waals surface area contributed by atoms with Crippen LogP contribution in [0.2, 0.25) is 5.02 Å². The number of rotatable bonds is 3. The van der Waals surface area contributed by atoms with Crippen LogP contribution in [0.25, 0.3) is 0 Å². The molecule has 0 radical (unpaired) electrons. The van der Waals surface area contributed by atoms with Crippen LogP contribution in [0.5, 0.6) is 0 Å². The topological polar surface area (TPSA) is 57.8 Å². The minimum Gasteiger partial charge on any atom is -0.346 e. The van der Waals surface area contributed by atoms with Gasteiger partial charge in [0.2, 0.25) is 0 Å². The third-order valence-electron chi connectivity index (χ3n) is 2.25. The molecule has 2 N–H and O–H groups in total. The number of amides is 1. The molecular formula is C11H8ClF2N3O. The van der Waals surface area contributed by atoms with E-state index in [9.17, 15) is 13.6 Å². The largest absolute Gasteiger partial charge is 0.346 e. The molecule has 1 aromatic carbocycles. The quantitative estimate of drug-likeness (QED) is 0.842. The highest BCUT2D eigenvalue weighted by molar-refractivity contribution is 6.30. The van der Waals surface area contributed by atoms with E-state index in [1.165, 1.54) is 6.20 Å². The van der Waals surface area contributed by atoms with Crippen LogP contribution in [0.3, 0.4) is 0 Å². The molecule has 1 amide bonds. The van der Waals surface area contributed by atoms with E-state index in [0.29, 0.717) is 5.69 Å². The number of carbonyl (C=O) groups is 1. The summed E-state index contributed by atoms with van der Waals surface area (Å²) in [7, 11) is 0. The van der Waals surface area contributed by atoms with Crippen molar-refractivity contribution in [3.05, 3.63) is 52.3 Å². The van der Waals surface area contributed by atoms with Crippen LogP contribution in [-0.2, 0) is 6.54 Å². The summed E-state index contributed by atoms with van der Waals surface area (Å²) in [5, 5.41) is 8.38. The Morgan fingerprint density at radius 2 is 2.17 bits per heavy atom. The molecule has 0 aliphatic carbocycles. The van der Waals surface area contributed by atoms with Gasteiger partial charge in [-0.05, 0) is 18.2 Å². The van der Waals surface area contributed by atoms with Crippen LogP contribution in [0.4, 0.5) is 8.78 Å². The van der Waals surface area contributed by atoms with Gasteiger partial charge in [0.15, 0.2) is 0 Å². The van der Waals surface area contributed by atoms with Gasteiger partial charge < -0.3 is 5.32 Å². The highest BCUT2D eigenvalue weighted by Gasteiger charge is 2.15. The van der Waals surface area contributed by atoms with Crippen molar-refractivity contribution >= 4 is 17.5 Å². The second-order valence-corrected chi connectivity index (χ2v) is 3.92. The molecule has 18 heavy (non-hydrogen) atoms. The highest BCUT2D eigenvalue weighted by Crippen LogP contribution is 2.19. The Morgan fingerprint density at radius 1 is 1.39 bits per heavy atom. The van der Waals surface area contributed by atoms with Gasteiger partial charge in [0.05, 0.1) is 22.8 Å². The number of hydrogen-bond donors (Lipinski definition) is 2. The van der Waals surface area contributed by atoms with E-state index < -0.39 is 23.1 Å². The third kappa shape index (κ3) is 2.65. The van der Waals surface area contributed by atoms with Crippen LogP contribution < -0.4 is 5.32 Å². The maximum atomic E-state index is 13.4. The van der Waals surface area contributed by atoms with Gasteiger partial charge in [-0.2, -0.15) is 5.10 Å². The number of benzene rings is 1. The van der Waals surface area contributed by atoms with E-state index in [1.54, 1.807) is 6.07 Å². The Hall–Kier alpha value is -1.95. The zero-order valence-corrected chi connectivity index (χ0v) is 9.76. The average Bonchev–Trinajstić information content (AvgIpc) is 2.84. The fourth-order valence-electron chi connectivity index (χ4n) is 1.35. The summed E-state index contributed by atoms with van der Waals surface area (Å²) in [6.45, 7) is 0.141. The number of hydrogen-bond acceptors (Lipinski definition) is 2. The Balaban J connectivity index is 2.11. The van der Waals surface area contributed by atoms with E-state index >= 15 is 0 Å². The van der Waals surface area contributed by atoms with Crippen LogP contribution >= 0.6 is 11.6 Å². The smallest absolute Gasteiger partial charge is 0.254 e. The van der Waals surface area contributed by atoms with Crippen LogP contribution in [0.15, 0.2) is 24.4 Å². The molecule has 0 bridgehead atoms. The highest BCUT2D eigenvalue weighted by atomic mass is 35.5. The molecular weight excluding hydrogens is 264 g/mol. The first-order valence-electron chi connectivity index (χ1n) is 4.99. The predicted octanol–water partition coefficient (Wildman–Crippen LogP) is 2.27. The molecule has 2 rings (SSSR count).